The summed E-state index contributed by atoms with van der Waals surface area (Å²) in [5.41, 5.74) is 8.26. The van der Waals surface area contributed by atoms with Crippen LogP contribution in [0.5, 0.6) is 5.75 Å². The number of unbranched alkanes of at least 4 members (excludes halogenated alkanes) is 2. The van der Waals surface area contributed by atoms with Crippen LogP contribution in [0, 0.1) is 0 Å². The lowest BCUT2D eigenvalue weighted by molar-refractivity contribution is 0.221. The summed E-state index contributed by atoms with van der Waals surface area (Å²) < 4.78 is 20.8. The van der Waals surface area contributed by atoms with Crippen LogP contribution in [-0.4, -0.2) is 18.3 Å². The quantitative estimate of drug-likeness (QED) is 0.217. The van der Waals surface area contributed by atoms with E-state index < -0.39 is 8.25 Å². The summed E-state index contributed by atoms with van der Waals surface area (Å²) >= 11 is 0. The molecule has 1 aromatic rings. The minimum atomic E-state index is -2.18. The molecule has 5 nitrogen and oxygen atoms in total. The Morgan fingerprint density at radius 3 is 1.54 bits per heavy atom. The van der Waals surface area contributed by atoms with Crippen LogP contribution in [0.2, 0.25) is 0 Å². The monoisotopic (exact) mass is 415 g/mol. The number of anilines is 1. The van der Waals surface area contributed by atoms with Crippen LogP contribution in [0.15, 0.2) is 12.1 Å². The van der Waals surface area contributed by atoms with Crippen molar-refractivity contribution in [3.8, 4) is 5.75 Å². The third-order valence-corrected chi connectivity index (χ3v) is 5.06. The Bertz CT molecular complexity index is 557. The molecule has 0 aliphatic heterocycles. The topological polar surface area (TPSA) is 81.8 Å². The van der Waals surface area contributed by atoms with Crippen LogP contribution < -0.4 is 5.73 Å². The molecule has 0 atom stereocenters. The van der Waals surface area contributed by atoms with Crippen molar-refractivity contribution in [1.82, 2.24) is 0 Å². The van der Waals surface area contributed by atoms with E-state index in [2.05, 4.69) is 55.4 Å². The Morgan fingerprint density at radius 1 is 0.893 bits per heavy atom. The second kappa shape index (κ2) is 12.5. The van der Waals surface area contributed by atoms with Gasteiger partial charge in [0.05, 0.1) is 13.2 Å². The van der Waals surface area contributed by atoms with Crippen LogP contribution in [0.25, 0.3) is 0 Å². The molecule has 0 fully saturated rings. The fourth-order valence-electron chi connectivity index (χ4n) is 2.44. The van der Waals surface area contributed by atoms with Gasteiger partial charge in [-0.25, -0.2) is 0 Å². The number of aromatic hydroxyl groups is 1. The molecule has 0 saturated heterocycles. The minimum absolute atomic E-state index is 0.0978. The molecule has 1 rings (SSSR count). The SMILES string of the molecule is CC(C)(C)c1cc(N)cc(C(C)(C)C)c1O.CCCCO[PH](=O)OCCCC. The van der Waals surface area contributed by atoms with Gasteiger partial charge in [0.1, 0.15) is 5.75 Å². The molecule has 0 amide bonds. The van der Waals surface area contributed by atoms with Gasteiger partial charge in [0.25, 0.3) is 0 Å². The first-order valence-corrected chi connectivity index (χ1v) is 11.5. The van der Waals surface area contributed by atoms with Crippen molar-refractivity contribution in [2.45, 2.75) is 91.9 Å². The Kier molecular flexibility index (Phi) is 12.1. The number of phenolic OH excluding ortho intramolecular Hbond substituents is 1. The van der Waals surface area contributed by atoms with Crippen molar-refractivity contribution in [2.24, 2.45) is 0 Å². The highest BCUT2D eigenvalue weighted by Gasteiger charge is 2.25. The molecule has 3 N–H and O–H groups in total. The van der Waals surface area contributed by atoms with Crippen molar-refractivity contribution in [1.29, 1.82) is 0 Å². The number of hydrogen-bond acceptors (Lipinski definition) is 5. The zero-order chi connectivity index (χ0) is 22.0. The molecule has 0 unspecified atom stereocenters. The van der Waals surface area contributed by atoms with Gasteiger partial charge in [-0.2, -0.15) is 0 Å². The normalized spacial score (nSPS) is 12.0. The summed E-state index contributed by atoms with van der Waals surface area (Å²) in [6.07, 6.45) is 4.02. The zero-order valence-corrected chi connectivity index (χ0v) is 20.1. The first kappa shape index (κ1) is 27.0. The van der Waals surface area contributed by atoms with E-state index in [-0.39, 0.29) is 10.8 Å². The van der Waals surface area contributed by atoms with Gasteiger partial charge in [0.15, 0.2) is 0 Å². The van der Waals surface area contributed by atoms with Crippen LogP contribution in [0.3, 0.4) is 0 Å². The summed E-state index contributed by atoms with van der Waals surface area (Å²) in [4.78, 5) is 0. The number of benzene rings is 1. The molecule has 0 aliphatic carbocycles. The molecule has 0 radical (unpaired) electrons. The van der Waals surface area contributed by atoms with Gasteiger partial charge in [-0.3, -0.25) is 4.57 Å². The van der Waals surface area contributed by atoms with Gasteiger partial charge < -0.3 is 19.9 Å². The number of nitrogen functional groups attached to an aromatic ring is 1. The zero-order valence-electron chi connectivity index (χ0n) is 19.1. The number of hydrogen-bond donors (Lipinski definition) is 2. The molecule has 164 valence electrons. The van der Waals surface area contributed by atoms with Crippen LogP contribution >= 0.6 is 8.25 Å². The lowest BCUT2D eigenvalue weighted by Crippen LogP contribution is -2.17. The average molecular weight is 416 g/mol. The largest absolute Gasteiger partial charge is 0.507 e. The average Bonchev–Trinajstić information content (AvgIpc) is 2.56. The Morgan fingerprint density at radius 2 is 1.25 bits per heavy atom. The summed E-state index contributed by atoms with van der Waals surface area (Å²) in [6, 6.07) is 3.73. The van der Waals surface area contributed by atoms with E-state index in [1.807, 2.05) is 12.1 Å². The van der Waals surface area contributed by atoms with E-state index in [9.17, 15) is 9.67 Å². The predicted octanol–water partition coefficient (Wildman–Crippen LogP) is 6.58. The predicted molar refractivity (Wildman–Crippen MR) is 121 cm³/mol. The fourth-order valence-corrected chi connectivity index (χ4v) is 3.15. The van der Waals surface area contributed by atoms with Crippen molar-refractivity contribution in [3.05, 3.63) is 23.3 Å². The molecule has 6 heteroatoms. The Hall–Kier alpha value is -1.03. The highest BCUT2D eigenvalue weighted by atomic mass is 31.1. The summed E-state index contributed by atoms with van der Waals surface area (Å²) in [5, 5.41) is 10.3. The fraction of sp³-hybridized carbons (Fsp3) is 0.727. The Labute approximate surface area is 173 Å². The first-order valence-electron chi connectivity index (χ1n) is 10.3. The molecular weight excluding hydrogens is 373 g/mol. The highest BCUT2D eigenvalue weighted by molar-refractivity contribution is 7.33. The van der Waals surface area contributed by atoms with Crippen molar-refractivity contribution < 1.29 is 18.7 Å². The molecule has 0 aromatic heterocycles. The minimum Gasteiger partial charge on any atom is -0.507 e. The molecule has 0 spiro atoms. The van der Waals surface area contributed by atoms with Crippen molar-refractivity contribution in [2.75, 3.05) is 18.9 Å². The summed E-state index contributed by atoms with van der Waals surface area (Å²) in [7, 11) is -2.18. The maximum Gasteiger partial charge on any atom is 0.319 e. The van der Waals surface area contributed by atoms with E-state index in [1.54, 1.807) is 0 Å². The summed E-state index contributed by atoms with van der Waals surface area (Å²) in [6.45, 7) is 17.7. The molecule has 0 bridgehead atoms. The molecule has 0 saturated carbocycles. The van der Waals surface area contributed by atoms with E-state index in [0.717, 1.165) is 36.8 Å². The maximum absolute atomic E-state index is 10.9. The first-order chi connectivity index (χ1) is 12.8. The van der Waals surface area contributed by atoms with Gasteiger partial charge in [-0.1, -0.05) is 68.2 Å². The van der Waals surface area contributed by atoms with E-state index in [0.29, 0.717) is 24.7 Å². The van der Waals surface area contributed by atoms with Gasteiger partial charge in [-0.15, -0.1) is 0 Å². The van der Waals surface area contributed by atoms with Gasteiger partial charge >= 0.3 is 8.25 Å². The van der Waals surface area contributed by atoms with Crippen molar-refractivity contribution in [3.63, 3.8) is 0 Å². The van der Waals surface area contributed by atoms with Crippen LogP contribution in [0.4, 0.5) is 5.69 Å². The number of phenols is 1. The number of nitrogens with two attached hydrogens (primary N) is 1. The Balaban J connectivity index is 0.000000546. The second-order valence-corrected chi connectivity index (χ2v) is 10.2. The lowest BCUT2D eigenvalue weighted by atomic mass is 9.79. The highest BCUT2D eigenvalue weighted by Crippen LogP contribution is 2.40. The molecule has 28 heavy (non-hydrogen) atoms. The maximum atomic E-state index is 10.9. The van der Waals surface area contributed by atoms with E-state index in [4.69, 9.17) is 14.8 Å². The number of rotatable bonds is 8. The molecule has 1 aromatic carbocycles. The van der Waals surface area contributed by atoms with Gasteiger partial charge in [0, 0.05) is 16.8 Å². The second-order valence-electron chi connectivity index (χ2n) is 9.12. The van der Waals surface area contributed by atoms with Crippen molar-refractivity contribution >= 4 is 13.9 Å². The third kappa shape index (κ3) is 10.5. The summed E-state index contributed by atoms with van der Waals surface area (Å²) in [5.74, 6) is 0.384. The van der Waals surface area contributed by atoms with Gasteiger partial charge in [0.2, 0.25) is 0 Å². The van der Waals surface area contributed by atoms with Crippen LogP contribution in [0.1, 0.15) is 92.2 Å². The third-order valence-electron chi connectivity index (χ3n) is 4.18. The molecular formula is C22H42NO4P. The lowest BCUT2D eigenvalue weighted by Gasteiger charge is -2.27. The molecule has 0 aliphatic rings. The smallest absolute Gasteiger partial charge is 0.319 e. The van der Waals surface area contributed by atoms with E-state index >= 15 is 0 Å². The van der Waals surface area contributed by atoms with E-state index in [1.165, 1.54) is 0 Å². The van der Waals surface area contributed by atoms with Crippen LogP contribution in [-0.2, 0) is 24.4 Å². The standard InChI is InChI=1S/C14H23NO.C8H19O3P/c1-13(2,3)10-7-9(15)8-11(12(10)16)14(4,5)6;1-3-5-7-10-12(9)11-8-6-4-2/h7-8,16H,15H2,1-6H3;12H,3-8H2,1-2H3. The van der Waals surface area contributed by atoms with Gasteiger partial charge in [-0.05, 0) is 35.8 Å². The molecule has 0 heterocycles.